The number of amides is 1. The van der Waals surface area contributed by atoms with Gasteiger partial charge >= 0.3 is 5.97 Å². The highest BCUT2D eigenvalue weighted by Gasteiger charge is 2.18. The molecule has 0 saturated carbocycles. The van der Waals surface area contributed by atoms with Crippen LogP contribution in [0.25, 0.3) is 0 Å². The summed E-state index contributed by atoms with van der Waals surface area (Å²) in [7, 11) is 0. The normalized spacial score (nSPS) is 12.7. The number of ether oxygens (including phenoxy) is 1. The van der Waals surface area contributed by atoms with Gasteiger partial charge in [0.05, 0.1) is 25.4 Å². The van der Waals surface area contributed by atoms with E-state index >= 15 is 0 Å². The summed E-state index contributed by atoms with van der Waals surface area (Å²) in [6, 6.07) is -0.624. The van der Waals surface area contributed by atoms with Gasteiger partial charge < -0.3 is 20.3 Å². The zero-order valence-corrected chi connectivity index (χ0v) is 56.9. The van der Waals surface area contributed by atoms with Gasteiger partial charge in [0.15, 0.2) is 0 Å². The highest BCUT2D eigenvalue weighted by atomic mass is 16.5. The van der Waals surface area contributed by atoms with Gasteiger partial charge in [0.25, 0.3) is 0 Å². The highest BCUT2D eigenvalue weighted by molar-refractivity contribution is 5.76. The highest BCUT2D eigenvalue weighted by Crippen LogP contribution is 2.20. The molecule has 2 atom stereocenters. The van der Waals surface area contributed by atoms with Crippen LogP contribution in [-0.2, 0) is 14.3 Å². The third-order valence-corrected chi connectivity index (χ3v) is 17.9. The van der Waals surface area contributed by atoms with Crippen LogP contribution in [0.5, 0.6) is 0 Å². The van der Waals surface area contributed by atoms with E-state index in [4.69, 9.17) is 4.74 Å². The number of rotatable bonds is 72. The average molecular weight is 1180 g/mol. The fraction of sp³-hybridized carbons (Fsp3) is 0.897. The van der Waals surface area contributed by atoms with Crippen molar-refractivity contribution in [2.24, 2.45) is 0 Å². The maximum absolute atomic E-state index is 12.5. The topological polar surface area (TPSA) is 95.9 Å². The molecule has 0 spiro atoms. The summed E-state index contributed by atoms with van der Waals surface area (Å²) in [5, 5.41) is 23.2. The molecule has 0 rings (SSSR count). The molecule has 0 aliphatic heterocycles. The number of esters is 1. The molecule has 6 heteroatoms. The summed E-state index contributed by atoms with van der Waals surface area (Å²) >= 11 is 0. The van der Waals surface area contributed by atoms with Gasteiger partial charge in [-0.25, -0.2) is 0 Å². The Morgan fingerprint density at radius 1 is 0.333 bits per heavy atom. The summed E-state index contributed by atoms with van der Waals surface area (Å²) < 4.78 is 5.48. The van der Waals surface area contributed by atoms with Crippen LogP contribution < -0.4 is 5.32 Å². The molecule has 0 radical (unpaired) electrons. The van der Waals surface area contributed by atoms with E-state index in [2.05, 4.69) is 43.5 Å². The summed E-state index contributed by atoms with van der Waals surface area (Å²) in [5.41, 5.74) is 0. The van der Waals surface area contributed by atoms with Crippen LogP contribution in [0.15, 0.2) is 36.5 Å². The second-order valence-corrected chi connectivity index (χ2v) is 26.3. The number of carbonyl (C=O) groups excluding carboxylic acids is 2. The zero-order valence-electron chi connectivity index (χ0n) is 56.9. The number of unbranched alkanes of at least 4 members (excludes halogenated alkanes) is 57. The Bertz CT molecular complexity index is 1360. The minimum absolute atomic E-state index is 0.00812. The standard InChI is InChI=1S/C78H149NO5/c1-3-5-7-9-11-13-15-17-18-40-43-47-50-54-58-62-66-70-76(81)75(74-80)79-77(82)71-67-63-59-55-51-48-44-41-38-36-34-32-30-28-26-24-22-20-19-21-23-25-27-29-31-33-35-37-39-42-45-49-53-57-61-65-69-73-84-78(83)72-68-64-60-56-52-46-16-14-12-10-8-6-4-2/h8,10,14,16,66,70,75-76,80-81H,3-7,9,11-13,15,17-65,67-69,71-74H2,1-2H3,(H,79,82)/b10-8-,16-14-,70-66+. The molecular weight excluding hydrogens is 1030 g/mol. The van der Waals surface area contributed by atoms with Gasteiger partial charge in [0.2, 0.25) is 5.91 Å². The molecule has 1 amide bonds. The van der Waals surface area contributed by atoms with Gasteiger partial charge in [-0.2, -0.15) is 0 Å². The number of hydrogen-bond acceptors (Lipinski definition) is 5. The van der Waals surface area contributed by atoms with E-state index in [9.17, 15) is 19.8 Å². The Balaban J connectivity index is 3.32. The Morgan fingerprint density at radius 2 is 0.619 bits per heavy atom. The first-order chi connectivity index (χ1) is 41.5. The van der Waals surface area contributed by atoms with Crippen LogP contribution >= 0.6 is 0 Å². The van der Waals surface area contributed by atoms with E-state index in [1.54, 1.807) is 6.08 Å². The Kier molecular flexibility index (Phi) is 71.9. The van der Waals surface area contributed by atoms with Crippen molar-refractivity contribution in [3.05, 3.63) is 36.5 Å². The molecule has 0 fully saturated rings. The summed E-state index contributed by atoms with van der Waals surface area (Å²) in [6.07, 6.45) is 95.5. The lowest BCUT2D eigenvalue weighted by molar-refractivity contribution is -0.143. The number of aliphatic hydroxyl groups is 2. The Hall–Kier alpha value is -1.92. The van der Waals surface area contributed by atoms with Crippen molar-refractivity contribution in [1.82, 2.24) is 5.32 Å². The van der Waals surface area contributed by atoms with Crippen molar-refractivity contribution >= 4 is 11.9 Å². The van der Waals surface area contributed by atoms with Gasteiger partial charge in [-0.15, -0.1) is 0 Å². The number of allylic oxidation sites excluding steroid dienone is 5. The summed E-state index contributed by atoms with van der Waals surface area (Å²) in [6.45, 7) is 4.87. The zero-order chi connectivity index (χ0) is 60.6. The van der Waals surface area contributed by atoms with E-state index in [0.29, 0.717) is 19.4 Å². The third kappa shape index (κ3) is 69.2. The van der Waals surface area contributed by atoms with E-state index in [1.165, 1.54) is 347 Å². The number of aliphatic hydroxyl groups excluding tert-OH is 2. The fourth-order valence-electron chi connectivity index (χ4n) is 12.1. The van der Waals surface area contributed by atoms with Crippen LogP contribution in [0.1, 0.15) is 425 Å². The SMILES string of the molecule is CCC/C=C\C/C=C\CCCCCCCC(=O)OCCCCCCCCCCCCCCCCCCCCCCCCCCCCCCCCCCCCCCCC(=O)NC(CO)C(O)/C=C/CCCCCCCCCCCCCCCCC. The van der Waals surface area contributed by atoms with Crippen molar-refractivity contribution in [2.75, 3.05) is 13.2 Å². The molecule has 0 heterocycles. The van der Waals surface area contributed by atoms with E-state index in [-0.39, 0.29) is 18.5 Å². The first kappa shape index (κ1) is 82.1. The Morgan fingerprint density at radius 3 is 0.952 bits per heavy atom. The quantitative estimate of drug-likeness (QED) is 0.0320. The lowest BCUT2D eigenvalue weighted by Crippen LogP contribution is -2.45. The first-order valence-electron chi connectivity index (χ1n) is 38.3. The van der Waals surface area contributed by atoms with Crippen molar-refractivity contribution in [3.63, 3.8) is 0 Å². The summed E-state index contributed by atoms with van der Waals surface area (Å²) in [4.78, 5) is 24.6. The molecule has 84 heavy (non-hydrogen) atoms. The second kappa shape index (κ2) is 73.5. The molecule has 2 unspecified atom stereocenters. The van der Waals surface area contributed by atoms with E-state index < -0.39 is 12.1 Å². The van der Waals surface area contributed by atoms with Crippen LogP contribution in [0, 0.1) is 0 Å². The monoisotopic (exact) mass is 1180 g/mol. The van der Waals surface area contributed by atoms with Gasteiger partial charge in [-0.05, 0) is 57.8 Å². The maximum Gasteiger partial charge on any atom is 0.305 e. The third-order valence-electron chi connectivity index (χ3n) is 17.9. The second-order valence-electron chi connectivity index (χ2n) is 26.3. The van der Waals surface area contributed by atoms with Crippen LogP contribution in [0.4, 0.5) is 0 Å². The van der Waals surface area contributed by atoms with Crippen molar-refractivity contribution < 1.29 is 24.5 Å². The van der Waals surface area contributed by atoms with Crippen molar-refractivity contribution in [1.29, 1.82) is 0 Å². The molecule has 3 N–H and O–H groups in total. The van der Waals surface area contributed by atoms with Gasteiger partial charge in [-0.3, -0.25) is 9.59 Å². The van der Waals surface area contributed by atoms with E-state index in [0.717, 1.165) is 51.4 Å². The van der Waals surface area contributed by atoms with Gasteiger partial charge in [0, 0.05) is 12.8 Å². The first-order valence-corrected chi connectivity index (χ1v) is 38.3. The molecule has 0 aliphatic carbocycles. The van der Waals surface area contributed by atoms with E-state index in [1.807, 2.05) is 6.08 Å². The lowest BCUT2D eigenvalue weighted by Gasteiger charge is -2.20. The molecule has 0 aromatic carbocycles. The predicted molar refractivity (Wildman–Crippen MR) is 370 cm³/mol. The molecule has 0 bridgehead atoms. The summed E-state index contributed by atoms with van der Waals surface area (Å²) in [5.74, 6) is -0.0508. The number of nitrogens with one attached hydrogen (secondary N) is 1. The molecule has 496 valence electrons. The predicted octanol–water partition coefficient (Wildman–Crippen LogP) is 25.0. The number of hydrogen-bond donors (Lipinski definition) is 3. The molecule has 0 aliphatic rings. The fourth-order valence-corrected chi connectivity index (χ4v) is 12.1. The van der Waals surface area contributed by atoms with Crippen molar-refractivity contribution in [3.8, 4) is 0 Å². The smallest absolute Gasteiger partial charge is 0.305 e. The molecule has 0 aromatic rings. The minimum Gasteiger partial charge on any atom is -0.466 e. The minimum atomic E-state index is -0.841. The largest absolute Gasteiger partial charge is 0.466 e. The van der Waals surface area contributed by atoms with Gasteiger partial charge in [0.1, 0.15) is 0 Å². The number of carbonyl (C=O) groups is 2. The molecule has 0 aromatic heterocycles. The molecular formula is C78H149NO5. The van der Waals surface area contributed by atoms with Crippen LogP contribution in [-0.4, -0.2) is 47.4 Å². The van der Waals surface area contributed by atoms with Crippen molar-refractivity contribution in [2.45, 2.75) is 437 Å². The maximum atomic E-state index is 12.5. The molecule has 6 nitrogen and oxygen atoms in total. The van der Waals surface area contributed by atoms with Crippen LogP contribution in [0.3, 0.4) is 0 Å². The van der Waals surface area contributed by atoms with Gasteiger partial charge in [-0.1, -0.05) is 391 Å². The Labute approximate surface area is 525 Å². The lowest BCUT2D eigenvalue weighted by atomic mass is 10.0. The van der Waals surface area contributed by atoms with Crippen LogP contribution in [0.2, 0.25) is 0 Å². The average Bonchev–Trinajstić information content (AvgIpc) is 3.51. The molecule has 0 saturated heterocycles.